The van der Waals surface area contributed by atoms with E-state index in [-0.39, 0.29) is 70.3 Å². The van der Waals surface area contributed by atoms with Crippen LogP contribution in [0.15, 0.2) is 43.5 Å². The number of methoxy groups -OCH3 is 1. The largest absolute Gasteiger partial charge is 0.495 e. The average Bonchev–Trinajstić information content (AvgIpc) is 3.61. The number of carbonyl (C=O) groups excluding carboxylic acids is 3. The molecule has 0 radical (unpaired) electrons. The highest BCUT2D eigenvalue weighted by Gasteiger charge is 2.48. The number of benzene rings is 1. The van der Waals surface area contributed by atoms with Gasteiger partial charge in [-0.2, -0.15) is 0 Å². The highest BCUT2D eigenvalue weighted by atomic mass is 16.6. The molecule has 0 spiro atoms. The first-order valence-electron chi connectivity index (χ1n) is 18.1. The number of H-pyrrole nitrogens is 1. The summed E-state index contributed by atoms with van der Waals surface area (Å²) >= 11 is 0. The molecule has 2 amide bonds. The first-order valence-corrected chi connectivity index (χ1v) is 18.1. The summed E-state index contributed by atoms with van der Waals surface area (Å²) in [6.45, 7) is 36.6. The molecule has 1 fully saturated rings. The van der Waals surface area contributed by atoms with Gasteiger partial charge in [0.25, 0.3) is 5.69 Å². The fourth-order valence-corrected chi connectivity index (χ4v) is 6.98. The van der Waals surface area contributed by atoms with Gasteiger partial charge in [-0.25, -0.2) is 23.9 Å². The Morgan fingerprint density at radius 2 is 1.62 bits per heavy atom. The molecule has 12 heteroatoms. The third-order valence-corrected chi connectivity index (χ3v) is 9.95. The van der Waals surface area contributed by atoms with E-state index >= 15 is 0 Å². The standard InChI is InChI=1S/C41H56N6O6/c1-15-19-46(20-16-2)38(50)53-35-31(42-13)30(36(48)52-32-26(39(4,5)6)21-24(3)22-27(32)40(7,8)9)34-44-33(45-47(34)35)25-17-18-29(51-14)28(23-25)43-37(49)41(10,11)12/h15-18,23-24,26-27,32H,1-2,19-22H2,3-12,14H3,(H,43,49)(H,44,45). The molecule has 2 unspecified atom stereocenters. The summed E-state index contributed by atoms with van der Waals surface area (Å²) in [5, 5.41) is 6.05. The molecule has 4 rings (SSSR count). The van der Waals surface area contributed by atoms with Crippen molar-refractivity contribution < 1.29 is 28.6 Å². The summed E-state index contributed by atoms with van der Waals surface area (Å²) in [6, 6.07) is 5.13. The lowest BCUT2D eigenvalue weighted by atomic mass is 9.59. The third kappa shape index (κ3) is 8.78. The minimum Gasteiger partial charge on any atom is -0.495 e. The number of aromatic nitrogens is 3. The Labute approximate surface area is 313 Å². The van der Waals surface area contributed by atoms with Crippen molar-refractivity contribution >= 4 is 35.0 Å². The Bertz CT molecular complexity index is 1880. The van der Waals surface area contributed by atoms with Crippen LogP contribution >= 0.6 is 0 Å². The van der Waals surface area contributed by atoms with Crippen LogP contribution in [0.25, 0.3) is 21.9 Å². The molecule has 53 heavy (non-hydrogen) atoms. The summed E-state index contributed by atoms with van der Waals surface area (Å²) in [5.41, 5.74) is -0.338. The summed E-state index contributed by atoms with van der Waals surface area (Å²) in [6.07, 6.45) is 3.66. The SMILES string of the molecule is [C-]#[N+]c1c(C(=O)OC2C(C(C)(C)C)CC(C)CC2C(C)(C)C)c2nc(-c3ccc(OC)c(NC(=O)C(C)(C)C)c3)[nH]n2c1OC(=O)N(CC=C)CC=C. The van der Waals surface area contributed by atoms with Crippen molar-refractivity contribution in [2.75, 3.05) is 25.5 Å². The molecule has 0 bridgehead atoms. The average molecular weight is 729 g/mol. The van der Waals surface area contributed by atoms with Crippen molar-refractivity contribution in [1.29, 1.82) is 0 Å². The molecule has 12 nitrogen and oxygen atoms in total. The van der Waals surface area contributed by atoms with Gasteiger partial charge in [-0.15, -0.1) is 13.2 Å². The second-order valence-electron chi connectivity index (χ2n) is 17.2. The van der Waals surface area contributed by atoms with Crippen LogP contribution in [0.4, 0.5) is 16.2 Å². The van der Waals surface area contributed by atoms with Crippen molar-refractivity contribution in [3.05, 3.63) is 60.5 Å². The van der Waals surface area contributed by atoms with Crippen LogP contribution in [-0.4, -0.2) is 63.8 Å². The van der Waals surface area contributed by atoms with E-state index in [1.807, 2.05) is 0 Å². The van der Waals surface area contributed by atoms with E-state index in [0.717, 1.165) is 12.8 Å². The third-order valence-electron chi connectivity index (χ3n) is 9.95. The van der Waals surface area contributed by atoms with Crippen LogP contribution in [0, 0.1) is 40.6 Å². The molecule has 1 aliphatic carbocycles. The van der Waals surface area contributed by atoms with Gasteiger partial charge in [0.15, 0.2) is 11.5 Å². The molecule has 0 saturated heterocycles. The van der Waals surface area contributed by atoms with Crippen LogP contribution in [0.3, 0.4) is 0 Å². The Hall–Kier alpha value is -5.05. The second kappa shape index (κ2) is 15.5. The van der Waals surface area contributed by atoms with Gasteiger partial charge in [-0.05, 0) is 47.8 Å². The Morgan fingerprint density at radius 1 is 1.04 bits per heavy atom. The van der Waals surface area contributed by atoms with Gasteiger partial charge in [0.1, 0.15) is 17.4 Å². The number of hydrogen-bond acceptors (Lipinski definition) is 7. The molecule has 2 atom stereocenters. The molecule has 0 aliphatic heterocycles. The van der Waals surface area contributed by atoms with E-state index in [1.165, 1.54) is 16.5 Å². The van der Waals surface area contributed by atoms with Crippen molar-refractivity contribution in [2.45, 2.75) is 88.2 Å². The zero-order valence-electron chi connectivity index (χ0n) is 33.2. The molecular formula is C41H56N6O6. The first kappa shape index (κ1) is 40.7. The number of hydrogen-bond donors (Lipinski definition) is 2. The molecule has 2 aromatic heterocycles. The van der Waals surface area contributed by atoms with E-state index < -0.39 is 23.6 Å². The second-order valence-corrected chi connectivity index (χ2v) is 17.2. The topological polar surface area (TPSA) is 132 Å². The number of rotatable bonds is 10. The highest BCUT2D eigenvalue weighted by Crippen LogP contribution is 2.50. The van der Waals surface area contributed by atoms with Gasteiger partial charge >= 0.3 is 12.1 Å². The highest BCUT2D eigenvalue weighted by molar-refractivity contribution is 6.05. The summed E-state index contributed by atoms with van der Waals surface area (Å²) in [5.74, 6) is 0.0969. The van der Waals surface area contributed by atoms with Crippen molar-refractivity contribution in [2.24, 2.45) is 34.0 Å². The maximum atomic E-state index is 14.6. The van der Waals surface area contributed by atoms with E-state index in [9.17, 15) is 14.4 Å². The Balaban J connectivity index is 1.92. The molecule has 2 heterocycles. The molecule has 2 N–H and O–H groups in total. The first-order chi connectivity index (χ1) is 24.7. The number of esters is 1. The lowest BCUT2D eigenvalue weighted by molar-refractivity contribution is -0.123. The molecular weight excluding hydrogens is 672 g/mol. The molecule has 1 aromatic carbocycles. The van der Waals surface area contributed by atoms with Gasteiger partial charge in [0, 0.05) is 35.9 Å². The monoisotopic (exact) mass is 728 g/mol. The number of anilines is 1. The lowest BCUT2D eigenvalue weighted by Crippen LogP contribution is -2.49. The number of aromatic amines is 1. The normalized spacial score (nSPS) is 19.2. The fraction of sp³-hybridized carbons (Fsp3) is 0.537. The summed E-state index contributed by atoms with van der Waals surface area (Å²) in [7, 11) is 1.51. The van der Waals surface area contributed by atoms with Crippen molar-refractivity contribution in [1.82, 2.24) is 19.5 Å². The van der Waals surface area contributed by atoms with E-state index in [0.29, 0.717) is 22.9 Å². The van der Waals surface area contributed by atoms with Gasteiger partial charge in [0.2, 0.25) is 11.8 Å². The fourth-order valence-electron chi connectivity index (χ4n) is 6.98. The number of carbonyl (C=O) groups is 3. The summed E-state index contributed by atoms with van der Waals surface area (Å²) < 4.78 is 19.3. The van der Waals surface area contributed by atoms with Crippen LogP contribution in [0.2, 0.25) is 0 Å². The number of ether oxygens (including phenoxy) is 3. The minimum absolute atomic E-state index is 0.0494. The quantitative estimate of drug-likeness (QED) is 0.121. The molecule has 1 aliphatic rings. The van der Waals surface area contributed by atoms with Gasteiger partial charge in [-0.3, -0.25) is 9.89 Å². The van der Waals surface area contributed by atoms with E-state index in [4.69, 9.17) is 25.8 Å². The van der Waals surface area contributed by atoms with Crippen molar-refractivity contribution in [3.63, 3.8) is 0 Å². The van der Waals surface area contributed by atoms with Gasteiger partial charge < -0.3 is 24.4 Å². The predicted octanol–water partition coefficient (Wildman–Crippen LogP) is 9.33. The van der Waals surface area contributed by atoms with E-state index in [1.54, 1.807) is 51.1 Å². The zero-order chi connectivity index (χ0) is 39.6. The number of nitrogens with zero attached hydrogens (tertiary/aromatic N) is 4. The lowest BCUT2D eigenvalue weighted by Gasteiger charge is -2.50. The maximum absolute atomic E-state index is 14.6. The number of nitrogens with one attached hydrogen (secondary N) is 2. The Morgan fingerprint density at radius 3 is 2.11 bits per heavy atom. The van der Waals surface area contributed by atoms with E-state index in [2.05, 4.69) is 76.9 Å². The molecule has 3 aromatic rings. The maximum Gasteiger partial charge on any atom is 0.416 e. The molecule has 1 saturated carbocycles. The van der Waals surface area contributed by atoms with Gasteiger partial charge in [0.05, 0.1) is 19.4 Å². The van der Waals surface area contributed by atoms with Crippen LogP contribution < -0.4 is 14.8 Å². The Kier molecular flexibility index (Phi) is 11.9. The van der Waals surface area contributed by atoms with Crippen LogP contribution in [0.5, 0.6) is 11.6 Å². The van der Waals surface area contributed by atoms with Crippen LogP contribution in [0.1, 0.15) is 92.4 Å². The summed E-state index contributed by atoms with van der Waals surface area (Å²) in [4.78, 5) is 50.9. The number of amides is 2. The zero-order valence-corrected chi connectivity index (χ0v) is 33.2. The van der Waals surface area contributed by atoms with Gasteiger partial charge in [-0.1, -0.05) is 81.4 Å². The molecule has 286 valence electrons. The smallest absolute Gasteiger partial charge is 0.416 e. The minimum atomic E-state index is -0.774. The number of fused-ring (bicyclic) bond motifs is 1. The predicted molar refractivity (Wildman–Crippen MR) is 207 cm³/mol. The van der Waals surface area contributed by atoms with Crippen LogP contribution in [-0.2, 0) is 9.53 Å². The van der Waals surface area contributed by atoms with Crippen molar-refractivity contribution in [3.8, 4) is 23.0 Å².